The van der Waals surface area contributed by atoms with Gasteiger partial charge in [0.2, 0.25) is 0 Å². The van der Waals surface area contributed by atoms with Crippen molar-refractivity contribution in [2.24, 2.45) is 0 Å². The monoisotopic (exact) mass is 490 g/mol. The highest BCUT2D eigenvalue weighted by Gasteiger charge is 2.18. The van der Waals surface area contributed by atoms with Gasteiger partial charge in [-0.3, -0.25) is 10.1 Å². The number of carbonyl (C=O) groups is 1. The van der Waals surface area contributed by atoms with Crippen LogP contribution in [-0.4, -0.2) is 24.1 Å². The van der Waals surface area contributed by atoms with Gasteiger partial charge in [-0.1, -0.05) is 15.9 Å². The Balaban J connectivity index is 1.75. The Kier molecular flexibility index (Phi) is 6.70. The number of hydrogen-bond donors (Lipinski definition) is 1. The van der Waals surface area contributed by atoms with Gasteiger partial charge in [-0.05, 0) is 42.5 Å². The van der Waals surface area contributed by atoms with Crippen molar-refractivity contribution in [2.75, 3.05) is 5.32 Å². The minimum Gasteiger partial charge on any atom is -0.435 e. The molecule has 0 saturated heterocycles. The zero-order valence-electron chi connectivity index (χ0n) is 14.2. The molecule has 29 heavy (non-hydrogen) atoms. The number of nitrogens with zero attached hydrogens (tertiary/aromatic N) is 1. The molecule has 0 aliphatic rings. The number of halogens is 5. The Morgan fingerprint density at radius 2 is 1.72 bits per heavy atom. The van der Waals surface area contributed by atoms with Crippen LogP contribution >= 0.6 is 27.3 Å². The van der Waals surface area contributed by atoms with Gasteiger partial charge in [-0.25, -0.2) is 4.98 Å². The van der Waals surface area contributed by atoms with E-state index in [4.69, 9.17) is 0 Å². The van der Waals surface area contributed by atoms with Crippen LogP contribution in [0.15, 0.2) is 52.3 Å². The summed E-state index contributed by atoms with van der Waals surface area (Å²) in [4.78, 5) is 16.7. The molecule has 0 radical (unpaired) electrons. The van der Waals surface area contributed by atoms with Crippen LogP contribution in [-0.2, 0) is 0 Å². The molecule has 11 heteroatoms. The van der Waals surface area contributed by atoms with E-state index in [0.717, 1.165) is 11.3 Å². The molecular formula is C18H11BrF4N2O3S. The maximum absolute atomic E-state index is 12.6. The molecule has 5 nitrogen and oxygen atoms in total. The molecule has 0 unspecified atom stereocenters. The Morgan fingerprint density at radius 1 is 1.03 bits per heavy atom. The first kappa shape index (κ1) is 21.1. The summed E-state index contributed by atoms with van der Waals surface area (Å²) in [6.07, 6.45) is 0. The second-order valence-electron chi connectivity index (χ2n) is 5.41. The lowest BCUT2D eigenvalue weighted by Gasteiger charge is -2.10. The van der Waals surface area contributed by atoms with E-state index in [1.807, 2.05) is 0 Å². The van der Waals surface area contributed by atoms with Gasteiger partial charge in [0.15, 0.2) is 5.13 Å². The lowest BCUT2D eigenvalue weighted by Crippen LogP contribution is -2.15. The van der Waals surface area contributed by atoms with E-state index in [-0.39, 0.29) is 22.2 Å². The SMILES string of the molecule is O=C(Nc1nc(-c2ccc(OC(F)F)cc2)cs1)c1cc(Br)ccc1OC(F)F. The van der Waals surface area contributed by atoms with Gasteiger partial charge in [0.25, 0.3) is 5.91 Å². The largest absolute Gasteiger partial charge is 0.435 e. The van der Waals surface area contributed by atoms with Crippen molar-refractivity contribution in [1.82, 2.24) is 4.98 Å². The van der Waals surface area contributed by atoms with E-state index in [2.05, 4.69) is 35.7 Å². The average molecular weight is 491 g/mol. The van der Waals surface area contributed by atoms with Crippen molar-refractivity contribution < 1.29 is 31.8 Å². The molecule has 2 aromatic carbocycles. The molecule has 0 spiro atoms. The van der Waals surface area contributed by atoms with E-state index >= 15 is 0 Å². The van der Waals surface area contributed by atoms with Crippen LogP contribution in [0.1, 0.15) is 10.4 Å². The average Bonchev–Trinajstić information content (AvgIpc) is 3.11. The fourth-order valence-electron chi connectivity index (χ4n) is 2.31. The number of ether oxygens (including phenoxy) is 2. The number of hydrogen-bond acceptors (Lipinski definition) is 5. The molecular weight excluding hydrogens is 480 g/mol. The van der Waals surface area contributed by atoms with Crippen molar-refractivity contribution in [3.63, 3.8) is 0 Å². The molecule has 0 aliphatic carbocycles. The summed E-state index contributed by atoms with van der Waals surface area (Å²) >= 11 is 4.29. The number of benzene rings is 2. The second kappa shape index (κ2) is 9.23. The number of aromatic nitrogens is 1. The topological polar surface area (TPSA) is 60.5 Å². The third kappa shape index (κ3) is 5.67. The molecule has 1 N–H and O–H groups in total. The van der Waals surface area contributed by atoms with E-state index < -0.39 is 19.1 Å². The molecule has 3 aromatic rings. The fraction of sp³-hybridized carbons (Fsp3) is 0.111. The summed E-state index contributed by atoms with van der Waals surface area (Å²) in [5, 5.41) is 4.40. The Labute approximate surface area is 174 Å². The van der Waals surface area contributed by atoms with Gasteiger partial charge in [0.05, 0.1) is 11.3 Å². The van der Waals surface area contributed by atoms with Crippen molar-refractivity contribution >= 4 is 38.3 Å². The molecule has 0 bridgehead atoms. The summed E-state index contributed by atoms with van der Waals surface area (Å²) in [6.45, 7) is -6.00. The Bertz CT molecular complexity index is 999. The van der Waals surface area contributed by atoms with Gasteiger partial charge < -0.3 is 9.47 Å². The third-order valence-electron chi connectivity index (χ3n) is 3.50. The van der Waals surface area contributed by atoms with Gasteiger partial charge in [0.1, 0.15) is 11.5 Å². The predicted octanol–water partition coefficient (Wildman–Crippen LogP) is 6.03. The van der Waals surface area contributed by atoms with Crippen LogP contribution in [0, 0.1) is 0 Å². The summed E-state index contributed by atoms with van der Waals surface area (Å²) in [5.74, 6) is -0.940. The highest BCUT2D eigenvalue weighted by Crippen LogP contribution is 2.29. The summed E-state index contributed by atoms with van der Waals surface area (Å²) in [6, 6.07) is 9.90. The number of rotatable bonds is 7. The predicted molar refractivity (Wildman–Crippen MR) is 103 cm³/mol. The van der Waals surface area contributed by atoms with Crippen LogP contribution in [0.4, 0.5) is 22.7 Å². The summed E-state index contributed by atoms with van der Waals surface area (Å²) in [5.41, 5.74) is 1.02. The molecule has 1 heterocycles. The van der Waals surface area contributed by atoms with Crippen molar-refractivity contribution in [1.29, 1.82) is 0 Å². The number of carbonyl (C=O) groups excluding carboxylic acids is 1. The van der Waals surface area contributed by atoms with Gasteiger partial charge in [-0.2, -0.15) is 17.6 Å². The van der Waals surface area contributed by atoms with E-state index in [9.17, 15) is 22.4 Å². The number of thiazole rings is 1. The highest BCUT2D eigenvalue weighted by molar-refractivity contribution is 9.10. The quantitative estimate of drug-likeness (QED) is 0.411. The van der Waals surface area contributed by atoms with Crippen LogP contribution in [0.5, 0.6) is 11.5 Å². The zero-order chi connectivity index (χ0) is 21.0. The molecule has 0 aliphatic heterocycles. The molecule has 1 aromatic heterocycles. The lowest BCUT2D eigenvalue weighted by atomic mass is 10.2. The Hall–Kier alpha value is -2.66. The number of alkyl halides is 4. The fourth-order valence-corrected chi connectivity index (χ4v) is 3.39. The number of nitrogens with one attached hydrogen (secondary N) is 1. The summed E-state index contributed by atoms with van der Waals surface area (Å²) in [7, 11) is 0. The second-order valence-corrected chi connectivity index (χ2v) is 7.19. The summed E-state index contributed by atoms with van der Waals surface area (Å²) < 4.78 is 58.7. The van der Waals surface area contributed by atoms with Crippen molar-refractivity contribution in [3.8, 4) is 22.8 Å². The smallest absolute Gasteiger partial charge is 0.387 e. The molecule has 3 rings (SSSR count). The van der Waals surface area contributed by atoms with Crippen LogP contribution in [0.3, 0.4) is 0 Å². The Morgan fingerprint density at radius 3 is 2.38 bits per heavy atom. The lowest BCUT2D eigenvalue weighted by molar-refractivity contribution is -0.0507. The maximum Gasteiger partial charge on any atom is 0.387 e. The maximum atomic E-state index is 12.6. The first-order valence-electron chi connectivity index (χ1n) is 7.88. The first-order valence-corrected chi connectivity index (χ1v) is 9.55. The third-order valence-corrected chi connectivity index (χ3v) is 4.75. The number of amides is 1. The van der Waals surface area contributed by atoms with Gasteiger partial charge in [-0.15, -0.1) is 11.3 Å². The normalized spacial score (nSPS) is 11.0. The first-order chi connectivity index (χ1) is 13.8. The minimum atomic E-state index is -3.08. The molecule has 1 amide bonds. The minimum absolute atomic E-state index is 0.00807. The van der Waals surface area contributed by atoms with Crippen LogP contribution < -0.4 is 14.8 Å². The number of anilines is 1. The molecule has 0 atom stereocenters. The molecule has 0 fully saturated rings. The van der Waals surface area contributed by atoms with E-state index in [0.29, 0.717) is 15.7 Å². The zero-order valence-corrected chi connectivity index (χ0v) is 16.6. The van der Waals surface area contributed by atoms with E-state index in [1.165, 1.54) is 30.3 Å². The molecule has 152 valence electrons. The molecule has 0 saturated carbocycles. The van der Waals surface area contributed by atoms with E-state index in [1.54, 1.807) is 17.5 Å². The van der Waals surface area contributed by atoms with Crippen LogP contribution in [0.25, 0.3) is 11.3 Å². The highest BCUT2D eigenvalue weighted by atomic mass is 79.9. The van der Waals surface area contributed by atoms with Crippen molar-refractivity contribution in [3.05, 3.63) is 57.9 Å². The van der Waals surface area contributed by atoms with Crippen LogP contribution in [0.2, 0.25) is 0 Å². The van der Waals surface area contributed by atoms with Crippen molar-refractivity contribution in [2.45, 2.75) is 13.2 Å². The van der Waals surface area contributed by atoms with Gasteiger partial charge >= 0.3 is 13.2 Å². The van der Waals surface area contributed by atoms with Gasteiger partial charge in [0, 0.05) is 15.4 Å². The standard InChI is InChI=1S/C18H11BrF4N2O3S/c19-10-3-6-14(28-17(22)23)12(7-10)15(26)25-18-24-13(8-29-18)9-1-4-11(5-2-9)27-16(20)21/h1-8,16-17H,(H,24,25,26).